The van der Waals surface area contributed by atoms with Crippen molar-refractivity contribution in [3.05, 3.63) is 59.7 Å². The maximum Gasteiger partial charge on any atom is 0.229 e. The third kappa shape index (κ3) is 3.16. The zero-order valence-electron chi connectivity index (χ0n) is 14.4. The number of nitrogens with zero attached hydrogens (tertiary/aromatic N) is 3. The smallest absolute Gasteiger partial charge is 0.229 e. The molecule has 0 saturated heterocycles. The van der Waals surface area contributed by atoms with E-state index in [9.17, 15) is 0 Å². The van der Waals surface area contributed by atoms with Gasteiger partial charge in [0.05, 0.1) is 18.5 Å². The second-order valence-electron chi connectivity index (χ2n) is 5.62. The van der Waals surface area contributed by atoms with Gasteiger partial charge in [-0.2, -0.15) is 4.98 Å². The van der Waals surface area contributed by atoms with Gasteiger partial charge in [-0.25, -0.2) is 0 Å². The van der Waals surface area contributed by atoms with Crippen LogP contribution in [-0.4, -0.2) is 29.5 Å². The molecule has 0 aliphatic carbocycles. The average Bonchev–Trinajstić information content (AvgIpc) is 2.63. The standard InChI is InChI=1S/C19H21N5O/c1-3-23(15-7-5-4-6-8-15)18-16-10-9-14(12-25-2)11-17(16)24(13-20)19(21)22-18/h4-11,13,20-21H,3,12H2,1-2H3. The van der Waals surface area contributed by atoms with E-state index in [2.05, 4.69) is 16.8 Å². The molecule has 0 spiro atoms. The van der Waals surface area contributed by atoms with Gasteiger partial charge in [0.15, 0.2) is 0 Å². The van der Waals surface area contributed by atoms with Crippen LogP contribution in [0.5, 0.6) is 0 Å². The SMILES string of the molecule is CCN(c1ccccc1)c1nc(=N)n(C=N)c2cc(COC)ccc12. The predicted molar refractivity (Wildman–Crippen MR) is 99.6 cm³/mol. The Labute approximate surface area is 146 Å². The van der Waals surface area contributed by atoms with E-state index < -0.39 is 0 Å². The number of anilines is 2. The Hall–Kier alpha value is -2.99. The highest BCUT2D eigenvalue weighted by Gasteiger charge is 2.15. The summed E-state index contributed by atoms with van der Waals surface area (Å²) in [5.41, 5.74) is 2.81. The van der Waals surface area contributed by atoms with E-state index in [1.807, 2.05) is 48.5 Å². The van der Waals surface area contributed by atoms with E-state index in [1.54, 1.807) is 7.11 Å². The molecule has 0 saturated carbocycles. The first-order chi connectivity index (χ1) is 12.2. The van der Waals surface area contributed by atoms with Crippen LogP contribution >= 0.6 is 0 Å². The monoisotopic (exact) mass is 335 g/mol. The molecule has 3 rings (SSSR count). The van der Waals surface area contributed by atoms with Crippen LogP contribution in [0.1, 0.15) is 12.5 Å². The van der Waals surface area contributed by atoms with E-state index in [0.29, 0.717) is 6.61 Å². The fraction of sp³-hybridized carbons (Fsp3) is 0.211. The topological polar surface area (TPSA) is 78.0 Å². The molecular formula is C19H21N5O. The van der Waals surface area contributed by atoms with E-state index in [4.69, 9.17) is 15.6 Å². The molecule has 0 amide bonds. The molecular weight excluding hydrogens is 314 g/mol. The van der Waals surface area contributed by atoms with Gasteiger partial charge in [0.1, 0.15) is 5.82 Å². The van der Waals surface area contributed by atoms with E-state index >= 15 is 0 Å². The van der Waals surface area contributed by atoms with Gasteiger partial charge >= 0.3 is 0 Å². The number of nitrogens with one attached hydrogen (secondary N) is 2. The molecule has 6 heteroatoms. The molecule has 25 heavy (non-hydrogen) atoms. The maximum atomic E-state index is 8.24. The van der Waals surface area contributed by atoms with Gasteiger partial charge in [-0.1, -0.05) is 24.3 Å². The lowest BCUT2D eigenvalue weighted by molar-refractivity contribution is 0.185. The molecule has 2 aromatic carbocycles. The summed E-state index contributed by atoms with van der Waals surface area (Å²) in [5.74, 6) is 0.718. The minimum Gasteiger partial charge on any atom is -0.380 e. The van der Waals surface area contributed by atoms with Crippen LogP contribution in [0.2, 0.25) is 0 Å². The molecule has 0 bridgehead atoms. The summed E-state index contributed by atoms with van der Waals surface area (Å²) in [7, 11) is 1.65. The Morgan fingerprint density at radius 1 is 1.20 bits per heavy atom. The summed E-state index contributed by atoms with van der Waals surface area (Å²) in [6, 6.07) is 15.9. The molecule has 0 aliphatic rings. The number of aromatic nitrogens is 2. The summed E-state index contributed by atoms with van der Waals surface area (Å²) in [5, 5.41) is 16.8. The Bertz CT molecular complexity index is 949. The van der Waals surface area contributed by atoms with Crippen molar-refractivity contribution in [3.8, 4) is 0 Å². The minimum atomic E-state index is 0.0291. The molecule has 6 nitrogen and oxygen atoms in total. The fourth-order valence-electron chi connectivity index (χ4n) is 2.95. The number of benzene rings is 2. The Kier molecular flexibility index (Phi) is 4.90. The molecule has 128 valence electrons. The first kappa shape index (κ1) is 16.9. The largest absolute Gasteiger partial charge is 0.380 e. The zero-order chi connectivity index (χ0) is 17.8. The number of ether oxygens (including phenoxy) is 1. The van der Waals surface area contributed by atoms with Crippen LogP contribution in [0.15, 0.2) is 48.5 Å². The minimum absolute atomic E-state index is 0.0291. The molecule has 3 aromatic rings. The van der Waals surface area contributed by atoms with E-state index in [-0.39, 0.29) is 5.62 Å². The molecule has 1 aromatic heterocycles. The molecule has 0 aliphatic heterocycles. The Morgan fingerprint density at radius 2 is 1.96 bits per heavy atom. The van der Waals surface area contributed by atoms with E-state index in [1.165, 1.54) is 4.57 Å². The summed E-state index contributed by atoms with van der Waals surface area (Å²) < 4.78 is 6.68. The van der Waals surface area contributed by atoms with E-state index in [0.717, 1.165) is 40.9 Å². The first-order valence-corrected chi connectivity index (χ1v) is 8.11. The van der Waals surface area contributed by atoms with Crippen molar-refractivity contribution in [1.29, 1.82) is 10.8 Å². The Balaban J connectivity index is 2.28. The second-order valence-corrected chi connectivity index (χ2v) is 5.62. The van der Waals surface area contributed by atoms with Crippen molar-refractivity contribution in [2.45, 2.75) is 13.5 Å². The summed E-state index contributed by atoms with van der Waals surface area (Å²) in [4.78, 5) is 6.54. The second kappa shape index (κ2) is 7.27. The van der Waals surface area contributed by atoms with Gasteiger partial charge in [-0.3, -0.25) is 15.4 Å². The average molecular weight is 335 g/mol. The highest BCUT2D eigenvalue weighted by molar-refractivity contribution is 5.94. The number of para-hydroxylation sites is 1. The lowest BCUT2D eigenvalue weighted by atomic mass is 10.1. The van der Waals surface area contributed by atoms with Crippen molar-refractivity contribution in [3.63, 3.8) is 0 Å². The maximum absolute atomic E-state index is 8.24. The third-order valence-electron chi connectivity index (χ3n) is 4.08. The van der Waals surface area contributed by atoms with Crippen LogP contribution in [0.4, 0.5) is 11.5 Å². The normalized spacial score (nSPS) is 10.8. The van der Waals surface area contributed by atoms with Crippen LogP contribution in [0, 0.1) is 10.8 Å². The number of hydrogen-bond donors (Lipinski definition) is 2. The third-order valence-corrected chi connectivity index (χ3v) is 4.08. The Morgan fingerprint density at radius 3 is 2.60 bits per heavy atom. The predicted octanol–water partition coefficient (Wildman–Crippen LogP) is 3.28. The number of rotatable bonds is 6. The van der Waals surface area contributed by atoms with Gasteiger partial charge in [-0.15, -0.1) is 0 Å². The summed E-state index contributed by atoms with van der Waals surface area (Å²) >= 11 is 0. The van der Waals surface area contributed by atoms with Crippen LogP contribution in [-0.2, 0) is 11.3 Å². The molecule has 0 unspecified atom stereocenters. The summed E-state index contributed by atoms with van der Waals surface area (Å²) in [6.45, 7) is 3.26. The molecule has 0 fully saturated rings. The molecule has 0 atom stereocenters. The van der Waals surface area contributed by atoms with Crippen LogP contribution in [0.3, 0.4) is 0 Å². The van der Waals surface area contributed by atoms with Crippen LogP contribution < -0.4 is 10.5 Å². The van der Waals surface area contributed by atoms with Crippen molar-refractivity contribution >= 4 is 28.7 Å². The number of methoxy groups -OCH3 is 1. The van der Waals surface area contributed by atoms with Crippen LogP contribution in [0.25, 0.3) is 10.9 Å². The molecule has 1 heterocycles. The summed E-state index contributed by atoms with van der Waals surface area (Å²) in [6.07, 6.45) is 1.12. The lowest BCUT2D eigenvalue weighted by Gasteiger charge is -2.24. The highest BCUT2D eigenvalue weighted by Crippen LogP contribution is 2.29. The van der Waals surface area contributed by atoms with Gasteiger partial charge in [0.2, 0.25) is 5.62 Å². The highest BCUT2D eigenvalue weighted by atomic mass is 16.5. The number of hydrogen-bond acceptors (Lipinski definition) is 5. The van der Waals surface area contributed by atoms with Crippen molar-refractivity contribution in [1.82, 2.24) is 9.55 Å². The van der Waals surface area contributed by atoms with Gasteiger partial charge < -0.3 is 9.64 Å². The van der Waals surface area contributed by atoms with Gasteiger partial charge in [0.25, 0.3) is 0 Å². The molecule has 2 N–H and O–H groups in total. The van der Waals surface area contributed by atoms with Crippen molar-refractivity contribution in [2.24, 2.45) is 0 Å². The lowest BCUT2D eigenvalue weighted by Crippen LogP contribution is -2.28. The van der Waals surface area contributed by atoms with Crippen molar-refractivity contribution in [2.75, 3.05) is 18.6 Å². The zero-order valence-corrected chi connectivity index (χ0v) is 14.4. The van der Waals surface area contributed by atoms with Gasteiger partial charge in [0, 0.05) is 24.7 Å². The fourth-order valence-corrected chi connectivity index (χ4v) is 2.95. The number of fused-ring (bicyclic) bond motifs is 1. The van der Waals surface area contributed by atoms with Gasteiger partial charge in [-0.05, 0) is 36.8 Å². The first-order valence-electron chi connectivity index (χ1n) is 8.11. The van der Waals surface area contributed by atoms with Crippen molar-refractivity contribution < 1.29 is 4.74 Å². The molecule has 0 radical (unpaired) electrons. The quantitative estimate of drug-likeness (QED) is 0.536.